The largest absolute Gasteiger partial charge is 0.375 e. The Balaban J connectivity index is 1.57. The smallest absolute Gasteiger partial charge is 0.252 e. The standard InChI is InChI=1S/C29H40N4O3/c1-23(2)31-14-8-15-33(29(35)22-36-3)27-12-7-6-11-26(27)20-32(18-17-31)28(34)21-30-16-13-24-9-4-5-10-25(24)19-30/h4-7,9-12,23H,8,13-22H2,1-3H3. The number of hydrogen-bond acceptors (Lipinski definition) is 5. The molecule has 2 aliphatic heterocycles. The summed E-state index contributed by atoms with van der Waals surface area (Å²) in [6, 6.07) is 16.9. The van der Waals surface area contributed by atoms with E-state index in [4.69, 9.17) is 4.74 Å². The van der Waals surface area contributed by atoms with Crippen LogP contribution in [-0.2, 0) is 33.8 Å². The van der Waals surface area contributed by atoms with Crippen LogP contribution >= 0.6 is 0 Å². The predicted octanol–water partition coefficient (Wildman–Crippen LogP) is 3.17. The van der Waals surface area contributed by atoms with Crippen molar-refractivity contribution in [1.82, 2.24) is 14.7 Å². The summed E-state index contributed by atoms with van der Waals surface area (Å²) >= 11 is 0. The van der Waals surface area contributed by atoms with Gasteiger partial charge in [0.15, 0.2) is 0 Å². The van der Waals surface area contributed by atoms with Gasteiger partial charge in [-0.05, 0) is 49.4 Å². The van der Waals surface area contributed by atoms with Crippen molar-refractivity contribution >= 4 is 17.5 Å². The lowest BCUT2D eigenvalue weighted by Crippen LogP contribution is -2.45. The molecule has 2 amide bonds. The molecule has 2 aromatic rings. The molecular weight excluding hydrogens is 452 g/mol. The van der Waals surface area contributed by atoms with Gasteiger partial charge in [0, 0.05) is 64.7 Å². The average Bonchev–Trinajstić information content (AvgIpc) is 2.91. The number of para-hydroxylation sites is 1. The molecular formula is C29H40N4O3. The minimum Gasteiger partial charge on any atom is -0.375 e. The van der Waals surface area contributed by atoms with Gasteiger partial charge in [-0.15, -0.1) is 0 Å². The number of amides is 2. The number of nitrogens with zero attached hydrogens (tertiary/aromatic N) is 4. The van der Waals surface area contributed by atoms with Crippen LogP contribution in [0.15, 0.2) is 48.5 Å². The highest BCUT2D eigenvalue weighted by atomic mass is 16.5. The Morgan fingerprint density at radius 2 is 1.56 bits per heavy atom. The lowest BCUT2D eigenvalue weighted by atomic mass is 10.00. The molecule has 2 aromatic carbocycles. The molecule has 0 aliphatic carbocycles. The number of anilines is 1. The molecule has 36 heavy (non-hydrogen) atoms. The van der Waals surface area contributed by atoms with Crippen LogP contribution in [0.3, 0.4) is 0 Å². The van der Waals surface area contributed by atoms with Gasteiger partial charge in [0.2, 0.25) is 5.91 Å². The summed E-state index contributed by atoms with van der Waals surface area (Å²) in [6.07, 6.45) is 1.84. The summed E-state index contributed by atoms with van der Waals surface area (Å²) in [4.78, 5) is 35.2. The fourth-order valence-electron chi connectivity index (χ4n) is 5.28. The number of ether oxygens (including phenoxy) is 1. The van der Waals surface area contributed by atoms with Crippen molar-refractivity contribution in [3.8, 4) is 0 Å². The van der Waals surface area contributed by atoms with Gasteiger partial charge in [-0.2, -0.15) is 0 Å². The van der Waals surface area contributed by atoms with Crippen LogP contribution in [0.2, 0.25) is 0 Å². The second-order valence-corrected chi connectivity index (χ2v) is 10.1. The number of carbonyl (C=O) groups excluding carboxylic acids is 2. The zero-order valence-electron chi connectivity index (χ0n) is 22.0. The van der Waals surface area contributed by atoms with Crippen molar-refractivity contribution in [3.05, 3.63) is 65.2 Å². The molecule has 0 radical (unpaired) electrons. The van der Waals surface area contributed by atoms with Crippen LogP contribution in [0, 0.1) is 0 Å². The SMILES string of the molecule is COCC(=O)N1CCCN(C(C)C)CCN(C(=O)CN2CCc3ccccc3C2)Cc2ccccc21. The minimum atomic E-state index is -0.0508. The van der Waals surface area contributed by atoms with E-state index in [1.54, 1.807) is 7.11 Å². The van der Waals surface area contributed by atoms with Crippen molar-refractivity contribution in [2.45, 2.75) is 45.8 Å². The third-order valence-corrected chi connectivity index (χ3v) is 7.35. The first-order valence-corrected chi connectivity index (χ1v) is 13.1. The van der Waals surface area contributed by atoms with E-state index in [2.05, 4.69) is 47.9 Å². The summed E-state index contributed by atoms with van der Waals surface area (Å²) in [5.41, 5.74) is 4.58. The molecule has 0 unspecified atom stereocenters. The molecule has 0 fully saturated rings. The first-order valence-electron chi connectivity index (χ1n) is 13.1. The Morgan fingerprint density at radius 1 is 0.833 bits per heavy atom. The molecule has 0 saturated heterocycles. The number of hydrogen-bond donors (Lipinski definition) is 0. The van der Waals surface area contributed by atoms with Crippen LogP contribution in [-0.4, -0.2) is 85.5 Å². The van der Waals surface area contributed by atoms with E-state index >= 15 is 0 Å². The van der Waals surface area contributed by atoms with E-state index in [1.807, 2.05) is 34.1 Å². The molecule has 0 saturated carbocycles. The maximum absolute atomic E-state index is 13.7. The fourth-order valence-corrected chi connectivity index (χ4v) is 5.28. The summed E-state index contributed by atoms with van der Waals surface area (Å²) < 4.78 is 5.18. The Bertz CT molecular complexity index is 1040. The van der Waals surface area contributed by atoms with Crippen molar-refractivity contribution in [3.63, 3.8) is 0 Å². The third-order valence-electron chi connectivity index (χ3n) is 7.35. The van der Waals surface area contributed by atoms with Crippen LogP contribution in [0.4, 0.5) is 5.69 Å². The molecule has 2 aliphatic rings. The number of carbonyl (C=O) groups is 2. The van der Waals surface area contributed by atoms with Crippen LogP contribution in [0.5, 0.6) is 0 Å². The first-order chi connectivity index (χ1) is 17.5. The van der Waals surface area contributed by atoms with Crippen molar-refractivity contribution in [1.29, 1.82) is 0 Å². The molecule has 0 N–H and O–H groups in total. The van der Waals surface area contributed by atoms with E-state index in [1.165, 1.54) is 11.1 Å². The average molecular weight is 493 g/mol. The molecule has 194 valence electrons. The normalized spacial score (nSPS) is 17.9. The molecule has 0 spiro atoms. The van der Waals surface area contributed by atoms with E-state index in [-0.39, 0.29) is 18.4 Å². The van der Waals surface area contributed by atoms with Gasteiger partial charge < -0.3 is 14.5 Å². The van der Waals surface area contributed by atoms with Crippen LogP contribution < -0.4 is 4.90 Å². The second kappa shape index (κ2) is 12.5. The van der Waals surface area contributed by atoms with Gasteiger partial charge in [-0.25, -0.2) is 0 Å². The highest BCUT2D eigenvalue weighted by Crippen LogP contribution is 2.25. The van der Waals surface area contributed by atoms with Gasteiger partial charge in [-0.3, -0.25) is 19.4 Å². The maximum atomic E-state index is 13.7. The molecule has 7 heteroatoms. The Hall–Kier alpha value is -2.74. The Kier molecular flexibility index (Phi) is 9.13. The number of rotatable bonds is 5. The molecule has 7 nitrogen and oxygen atoms in total. The van der Waals surface area contributed by atoms with Gasteiger partial charge in [0.05, 0.1) is 6.54 Å². The monoisotopic (exact) mass is 492 g/mol. The quantitative estimate of drug-likeness (QED) is 0.642. The molecule has 0 bridgehead atoms. The molecule has 4 rings (SSSR count). The summed E-state index contributed by atoms with van der Waals surface area (Å²) in [5, 5.41) is 0. The number of benzene rings is 2. The maximum Gasteiger partial charge on any atom is 0.252 e. The van der Waals surface area contributed by atoms with E-state index in [0.717, 1.165) is 50.3 Å². The lowest BCUT2D eigenvalue weighted by molar-refractivity contribution is -0.133. The van der Waals surface area contributed by atoms with E-state index < -0.39 is 0 Å². The lowest BCUT2D eigenvalue weighted by Gasteiger charge is -2.33. The topological polar surface area (TPSA) is 56.3 Å². The van der Waals surface area contributed by atoms with Crippen molar-refractivity contribution in [2.24, 2.45) is 0 Å². The molecule has 0 aromatic heterocycles. The highest BCUT2D eigenvalue weighted by molar-refractivity contribution is 5.95. The molecule has 0 atom stereocenters. The zero-order valence-corrected chi connectivity index (χ0v) is 22.0. The zero-order chi connectivity index (χ0) is 25.5. The van der Waals surface area contributed by atoms with Gasteiger partial charge >= 0.3 is 0 Å². The summed E-state index contributed by atoms with van der Waals surface area (Å²) in [6.45, 7) is 10.0. The third kappa shape index (κ3) is 6.52. The van der Waals surface area contributed by atoms with E-state index in [9.17, 15) is 9.59 Å². The highest BCUT2D eigenvalue weighted by Gasteiger charge is 2.26. The molecule has 2 heterocycles. The van der Waals surface area contributed by atoms with Crippen molar-refractivity contribution in [2.75, 3.05) is 57.9 Å². The second-order valence-electron chi connectivity index (χ2n) is 10.1. The number of fused-ring (bicyclic) bond motifs is 2. The first kappa shape index (κ1) is 26.3. The van der Waals surface area contributed by atoms with Crippen LogP contribution in [0.1, 0.15) is 37.0 Å². The Labute approximate surface area is 215 Å². The summed E-state index contributed by atoms with van der Waals surface area (Å²) in [7, 11) is 1.55. The van der Waals surface area contributed by atoms with Gasteiger partial charge in [0.25, 0.3) is 5.91 Å². The van der Waals surface area contributed by atoms with E-state index in [0.29, 0.717) is 32.2 Å². The number of methoxy groups -OCH3 is 1. The van der Waals surface area contributed by atoms with Gasteiger partial charge in [0.1, 0.15) is 6.61 Å². The fraction of sp³-hybridized carbons (Fsp3) is 0.517. The Morgan fingerprint density at radius 3 is 2.31 bits per heavy atom. The summed E-state index contributed by atoms with van der Waals surface area (Å²) in [5.74, 6) is 0.0899. The van der Waals surface area contributed by atoms with Gasteiger partial charge in [-0.1, -0.05) is 42.5 Å². The van der Waals surface area contributed by atoms with Crippen molar-refractivity contribution < 1.29 is 14.3 Å². The minimum absolute atomic E-state index is 0.0430. The van der Waals surface area contributed by atoms with Crippen LogP contribution in [0.25, 0.3) is 0 Å². The predicted molar refractivity (Wildman–Crippen MR) is 143 cm³/mol.